The van der Waals surface area contributed by atoms with Crippen LogP contribution in [0.2, 0.25) is 0 Å². The highest BCUT2D eigenvalue weighted by Crippen LogP contribution is 2.31. The Morgan fingerprint density at radius 3 is 2.85 bits per heavy atom. The Morgan fingerprint density at radius 1 is 1.25 bits per heavy atom. The van der Waals surface area contributed by atoms with Gasteiger partial charge in [0, 0.05) is 19.0 Å². The van der Waals surface area contributed by atoms with Crippen LogP contribution in [0.5, 0.6) is 0 Å². The van der Waals surface area contributed by atoms with Crippen LogP contribution in [0.4, 0.5) is 0 Å². The first-order valence-corrected chi connectivity index (χ1v) is 8.40. The highest BCUT2D eigenvalue weighted by Gasteiger charge is 2.33. The van der Waals surface area contributed by atoms with E-state index in [1.165, 1.54) is 45.3 Å². The van der Waals surface area contributed by atoms with Gasteiger partial charge in [-0.1, -0.05) is 6.42 Å². The zero-order chi connectivity index (χ0) is 14.2. The summed E-state index contributed by atoms with van der Waals surface area (Å²) < 4.78 is 4.91. The summed E-state index contributed by atoms with van der Waals surface area (Å²) in [5, 5.41) is 3.58. The molecule has 2 fully saturated rings. The summed E-state index contributed by atoms with van der Waals surface area (Å²) in [7, 11) is 0. The molecule has 1 saturated heterocycles. The summed E-state index contributed by atoms with van der Waals surface area (Å²) in [4.78, 5) is 13.8. The third kappa shape index (κ3) is 5.80. The van der Waals surface area contributed by atoms with Gasteiger partial charge in [-0.15, -0.1) is 0 Å². The molecular formula is C16H30N2O2. The molecule has 1 N–H and O–H groups in total. The Morgan fingerprint density at radius 2 is 2.10 bits per heavy atom. The molecular weight excluding hydrogens is 252 g/mol. The molecule has 0 bridgehead atoms. The van der Waals surface area contributed by atoms with Gasteiger partial charge in [-0.2, -0.15) is 0 Å². The van der Waals surface area contributed by atoms with E-state index < -0.39 is 0 Å². The van der Waals surface area contributed by atoms with E-state index in [0.29, 0.717) is 13.0 Å². The molecule has 1 aliphatic heterocycles. The summed E-state index contributed by atoms with van der Waals surface area (Å²) in [5.41, 5.74) is 0. The molecule has 1 aliphatic carbocycles. The van der Waals surface area contributed by atoms with Crippen LogP contribution in [0.25, 0.3) is 0 Å². The van der Waals surface area contributed by atoms with Gasteiger partial charge < -0.3 is 15.0 Å². The van der Waals surface area contributed by atoms with Crippen molar-refractivity contribution in [3.8, 4) is 0 Å². The number of carbonyl (C=O) groups excluding carboxylic acids is 1. The van der Waals surface area contributed by atoms with Crippen molar-refractivity contribution < 1.29 is 9.53 Å². The van der Waals surface area contributed by atoms with Crippen LogP contribution in [-0.4, -0.2) is 49.7 Å². The Balaban J connectivity index is 1.37. The van der Waals surface area contributed by atoms with Crippen molar-refractivity contribution >= 4 is 5.97 Å². The maximum Gasteiger partial charge on any atom is 0.305 e. The summed E-state index contributed by atoms with van der Waals surface area (Å²) in [6.45, 7) is 7.23. The van der Waals surface area contributed by atoms with Crippen LogP contribution in [0, 0.1) is 5.92 Å². The van der Waals surface area contributed by atoms with E-state index in [2.05, 4.69) is 10.2 Å². The van der Waals surface area contributed by atoms with Crippen LogP contribution in [-0.2, 0) is 9.53 Å². The van der Waals surface area contributed by atoms with E-state index in [4.69, 9.17) is 4.74 Å². The maximum atomic E-state index is 11.2. The van der Waals surface area contributed by atoms with Gasteiger partial charge in [0.2, 0.25) is 0 Å². The molecule has 1 atom stereocenters. The van der Waals surface area contributed by atoms with Gasteiger partial charge in [-0.05, 0) is 64.6 Å². The topological polar surface area (TPSA) is 41.6 Å². The van der Waals surface area contributed by atoms with Crippen molar-refractivity contribution in [2.75, 3.05) is 32.8 Å². The molecule has 20 heavy (non-hydrogen) atoms. The van der Waals surface area contributed by atoms with Gasteiger partial charge in [-0.25, -0.2) is 0 Å². The Hall–Kier alpha value is -0.610. The number of carbonyl (C=O) groups is 1. The summed E-state index contributed by atoms with van der Waals surface area (Å²) in [6.07, 6.45) is 8.04. The summed E-state index contributed by atoms with van der Waals surface area (Å²) >= 11 is 0. The molecule has 4 heteroatoms. The fourth-order valence-corrected chi connectivity index (χ4v) is 3.04. The van der Waals surface area contributed by atoms with E-state index in [1.54, 1.807) is 0 Å². The number of nitrogens with one attached hydrogen (secondary N) is 1. The molecule has 0 spiro atoms. The molecule has 2 aliphatic rings. The minimum absolute atomic E-state index is 0.0495. The summed E-state index contributed by atoms with van der Waals surface area (Å²) in [5.74, 6) is 0.807. The lowest BCUT2D eigenvalue weighted by Crippen LogP contribution is -2.28. The zero-order valence-electron chi connectivity index (χ0n) is 12.9. The fraction of sp³-hybridized carbons (Fsp3) is 0.938. The third-order valence-corrected chi connectivity index (χ3v) is 4.35. The van der Waals surface area contributed by atoms with Crippen molar-refractivity contribution in [1.29, 1.82) is 0 Å². The molecule has 4 nitrogen and oxygen atoms in total. The third-order valence-electron chi connectivity index (χ3n) is 4.35. The monoisotopic (exact) mass is 282 g/mol. The first-order valence-electron chi connectivity index (χ1n) is 8.40. The predicted octanol–water partition coefficient (Wildman–Crippen LogP) is 2.18. The lowest BCUT2D eigenvalue weighted by Gasteiger charge is -2.15. The van der Waals surface area contributed by atoms with Gasteiger partial charge in [0.1, 0.15) is 0 Å². The number of hydrogen-bond donors (Lipinski definition) is 1. The molecule has 2 rings (SSSR count). The molecule has 0 radical (unpaired) electrons. The number of ether oxygens (including phenoxy) is 1. The Labute approximate surface area is 123 Å². The normalized spacial score (nSPS) is 23.1. The van der Waals surface area contributed by atoms with Crippen molar-refractivity contribution in [1.82, 2.24) is 10.2 Å². The van der Waals surface area contributed by atoms with E-state index in [0.717, 1.165) is 31.3 Å². The number of esters is 1. The molecule has 1 heterocycles. The molecule has 1 saturated carbocycles. The largest absolute Gasteiger partial charge is 0.466 e. The minimum atomic E-state index is -0.0495. The Kier molecular flexibility index (Phi) is 6.80. The number of hydrogen-bond acceptors (Lipinski definition) is 4. The van der Waals surface area contributed by atoms with Crippen LogP contribution < -0.4 is 5.32 Å². The minimum Gasteiger partial charge on any atom is -0.466 e. The standard InChI is InChI=1S/C16H30N2O2/c1-2-20-16(19)6-4-3-5-10-17-12-14-9-11-18(13-14)15-7-8-15/h14-15,17H,2-13H2,1H3. The maximum absolute atomic E-state index is 11.2. The first kappa shape index (κ1) is 15.8. The van der Waals surface area contributed by atoms with Gasteiger partial charge in [0.05, 0.1) is 6.61 Å². The molecule has 0 aromatic rings. The van der Waals surface area contributed by atoms with E-state index in [1.807, 2.05) is 6.92 Å². The summed E-state index contributed by atoms with van der Waals surface area (Å²) in [6, 6.07) is 0.933. The zero-order valence-corrected chi connectivity index (χ0v) is 12.9. The molecule has 0 aromatic heterocycles. The number of unbranched alkanes of at least 4 members (excludes halogenated alkanes) is 2. The average molecular weight is 282 g/mol. The average Bonchev–Trinajstić information content (AvgIpc) is 3.18. The second-order valence-electron chi connectivity index (χ2n) is 6.20. The van der Waals surface area contributed by atoms with Crippen LogP contribution in [0.15, 0.2) is 0 Å². The second kappa shape index (κ2) is 8.63. The number of rotatable bonds is 10. The van der Waals surface area contributed by atoms with Gasteiger partial charge in [0.15, 0.2) is 0 Å². The van der Waals surface area contributed by atoms with E-state index >= 15 is 0 Å². The molecule has 116 valence electrons. The molecule has 1 unspecified atom stereocenters. The smallest absolute Gasteiger partial charge is 0.305 e. The predicted molar refractivity (Wildman–Crippen MR) is 80.7 cm³/mol. The van der Waals surface area contributed by atoms with Crippen molar-refractivity contribution in [3.63, 3.8) is 0 Å². The second-order valence-corrected chi connectivity index (χ2v) is 6.20. The lowest BCUT2D eigenvalue weighted by atomic mass is 10.1. The molecule has 0 amide bonds. The SMILES string of the molecule is CCOC(=O)CCCCCNCC1CCN(C2CC2)C1. The highest BCUT2D eigenvalue weighted by molar-refractivity contribution is 5.69. The highest BCUT2D eigenvalue weighted by atomic mass is 16.5. The number of likely N-dealkylation sites (tertiary alicyclic amines) is 1. The van der Waals surface area contributed by atoms with Crippen molar-refractivity contribution in [3.05, 3.63) is 0 Å². The van der Waals surface area contributed by atoms with Crippen molar-refractivity contribution in [2.45, 2.75) is 57.9 Å². The number of nitrogens with zero attached hydrogens (tertiary/aromatic N) is 1. The first-order chi connectivity index (χ1) is 9.79. The van der Waals surface area contributed by atoms with Crippen molar-refractivity contribution in [2.24, 2.45) is 5.92 Å². The van der Waals surface area contributed by atoms with Crippen LogP contribution in [0.3, 0.4) is 0 Å². The quantitative estimate of drug-likeness (QED) is 0.492. The van der Waals surface area contributed by atoms with Crippen LogP contribution in [0.1, 0.15) is 51.9 Å². The van der Waals surface area contributed by atoms with Gasteiger partial charge in [0.25, 0.3) is 0 Å². The lowest BCUT2D eigenvalue weighted by molar-refractivity contribution is -0.143. The van der Waals surface area contributed by atoms with Crippen LogP contribution >= 0.6 is 0 Å². The Bertz CT molecular complexity index is 292. The van der Waals surface area contributed by atoms with Gasteiger partial charge >= 0.3 is 5.97 Å². The van der Waals surface area contributed by atoms with E-state index in [-0.39, 0.29) is 5.97 Å². The fourth-order valence-electron chi connectivity index (χ4n) is 3.04. The molecule has 0 aromatic carbocycles. The van der Waals surface area contributed by atoms with E-state index in [9.17, 15) is 4.79 Å². The van der Waals surface area contributed by atoms with Gasteiger partial charge in [-0.3, -0.25) is 4.79 Å².